The van der Waals surface area contributed by atoms with Gasteiger partial charge in [-0.15, -0.1) is 0 Å². The summed E-state index contributed by atoms with van der Waals surface area (Å²) in [5, 5.41) is 2.79. The average molecular weight is 247 g/mol. The van der Waals surface area contributed by atoms with E-state index in [1.54, 1.807) is 13.2 Å². The van der Waals surface area contributed by atoms with Crippen LogP contribution in [0, 0.1) is 0 Å². The van der Waals surface area contributed by atoms with E-state index in [1.165, 1.54) is 0 Å². The molecule has 0 radical (unpaired) electrons. The van der Waals surface area contributed by atoms with E-state index in [-0.39, 0.29) is 5.91 Å². The van der Waals surface area contributed by atoms with E-state index in [1.807, 2.05) is 19.1 Å². The molecule has 0 unspecified atom stereocenters. The van der Waals surface area contributed by atoms with Crippen molar-refractivity contribution in [1.29, 1.82) is 0 Å². The largest absolute Gasteiger partial charge is 0.383 e. The number of H-pyrrole nitrogens is 1. The summed E-state index contributed by atoms with van der Waals surface area (Å²) in [5.41, 5.74) is 2.41. The molecule has 0 aliphatic carbocycles. The Balaban J connectivity index is 2.15. The summed E-state index contributed by atoms with van der Waals surface area (Å²) < 4.78 is 4.89. The SMILES string of the molecule is CCc1nc2ccc(C(=O)NCCOC)cc2[nH]1. The van der Waals surface area contributed by atoms with Crippen molar-refractivity contribution >= 4 is 16.9 Å². The molecule has 96 valence electrons. The lowest BCUT2D eigenvalue weighted by molar-refractivity contribution is 0.0937. The first-order chi connectivity index (χ1) is 8.74. The molecule has 18 heavy (non-hydrogen) atoms. The Morgan fingerprint density at radius 2 is 2.33 bits per heavy atom. The first-order valence-corrected chi connectivity index (χ1v) is 6.00. The number of fused-ring (bicyclic) bond motifs is 1. The van der Waals surface area contributed by atoms with Crippen molar-refractivity contribution in [3.63, 3.8) is 0 Å². The third-order valence-electron chi connectivity index (χ3n) is 2.72. The van der Waals surface area contributed by atoms with Gasteiger partial charge in [0, 0.05) is 25.6 Å². The number of benzene rings is 1. The fraction of sp³-hybridized carbons (Fsp3) is 0.385. The molecule has 1 aromatic carbocycles. The summed E-state index contributed by atoms with van der Waals surface area (Å²) in [6, 6.07) is 5.46. The molecule has 0 aliphatic rings. The van der Waals surface area contributed by atoms with Gasteiger partial charge in [0.15, 0.2) is 0 Å². The molecule has 5 nitrogen and oxygen atoms in total. The van der Waals surface area contributed by atoms with Crippen LogP contribution in [0.25, 0.3) is 11.0 Å². The number of methoxy groups -OCH3 is 1. The lowest BCUT2D eigenvalue weighted by Gasteiger charge is -2.04. The predicted molar refractivity (Wildman–Crippen MR) is 69.7 cm³/mol. The number of imidazole rings is 1. The Hall–Kier alpha value is -1.88. The molecule has 0 saturated heterocycles. The second-order valence-electron chi connectivity index (χ2n) is 4.02. The lowest BCUT2D eigenvalue weighted by atomic mass is 10.2. The maximum absolute atomic E-state index is 11.8. The third kappa shape index (κ3) is 2.68. The highest BCUT2D eigenvalue weighted by molar-refractivity contribution is 5.97. The van der Waals surface area contributed by atoms with Gasteiger partial charge in [-0.05, 0) is 18.2 Å². The van der Waals surface area contributed by atoms with Gasteiger partial charge in [0.25, 0.3) is 5.91 Å². The van der Waals surface area contributed by atoms with E-state index in [2.05, 4.69) is 15.3 Å². The van der Waals surface area contributed by atoms with Crippen LogP contribution < -0.4 is 5.32 Å². The van der Waals surface area contributed by atoms with Crippen molar-refractivity contribution < 1.29 is 9.53 Å². The summed E-state index contributed by atoms with van der Waals surface area (Å²) in [7, 11) is 1.61. The number of hydrogen-bond donors (Lipinski definition) is 2. The van der Waals surface area contributed by atoms with Crippen LogP contribution >= 0.6 is 0 Å². The molecule has 2 N–H and O–H groups in total. The fourth-order valence-corrected chi connectivity index (χ4v) is 1.74. The number of amides is 1. The normalized spacial score (nSPS) is 10.8. The predicted octanol–water partition coefficient (Wildman–Crippen LogP) is 1.50. The van der Waals surface area contributed by atoms with Crippen LogP contribution in [0.3, 0.4) is 0 Å². The van der Waals surface area contributed by atoms with Gasteiger partial charge in [-0.3, -0.25) is 4.79 Å². The minimum atomic E-state index is -0.0957. The molecule has 0 bridgehead atoms. The second kappa shape index (κ2) is 5.64. The van der Waals surface area contributed by atoms with Gasteiger partial charge >= 0.3 is 0 Å². The Labute approximate surface area is 106 Å². The number of ether oxygens (including phenoxy) is 1. The lowest BCUT2D eigenvalue weighted by Crippen LogP contribution is -2.26. The van der Waals surface area contributed by atoms with Crippen molar-refractivity contribution in [2.75, 3.05) is 20.3 Å². The minimum absolute atomic E-state index is 0.0957. The van der Waals surface area contributed by atoms with Crippen LogP contribution in [-0.2, 0) is 11.2 Å². The fourth-order valence-electron chi connectivity index (χ4n) is 1.74. The highest BCUT2D eigenvalue weighted by atomic mass is 16.5. The number of carbonyl (C=O) groups is 1. The zero-order chi connectivity index (χ0) is 13.0. The third-order valence-corrected chi connectivity index (χ3v) is 2.72. The summed E-state index contributed by atoms with van der Waals surface area (Å²) in [4.78, 5) is 19.4. The molecule has 0 saturated carbocycles. The molecule has 1 heterocycles. The average Bonchev–Trinajstić information content (AvgIpc) is 2.80. The van der Waals surface area contributed by atoms with Crippen molar-refractivity contribution in [2.24, 2.45) is 0 Å². The van der Waals surface area contributed by atoms with Crippen LogP contribution in [0.15, 0.2) is 18.2 Å². The van der Waals surface area contributed by atoms with E-state index in [0.29, 0.717) is 18.7 Å². The summed E-state index contributed by atoms with van der Waals surface area (Å²) in [6.07, 6.45) is 0.851. The van der Waals surface area contributed by atoms with E-state index in [4.69, 9.17) is 4.74 Å². The summed E-state index contributed by atoms with van der Waals surface area (Å²) >= 11 is 0. The molecule has 5 heteroatoms. The molecular weight excluding hydrogens is 230 g/mol. The summed E-state index contributed by atoms with van der Waals surface area (Å²) in [5.74, 6) is 0.837. The number of nitrogens with zero attached hydrogens (tertiary/aromatic N) is 1. The molecule has 0 atom stereocenters. The molecule has 0 spiro atoms. The van der Waals surface area contributed by atoms with Gasteiger partial charge < -0.3 is 15.0 Å². The standard InChI is InChI=1S/C13H17N3O2/c1-3-12-15-10-5-4-9(8-11(10)16-12)13(17)14-6-7-18-2/h4-5,8H,3,6-7H2,1-2H3,(H,14,17)(H,15,16). The van der Waals surface area contributed by atoms with Crippen molar-refractivity contribution in [1.82, 2.24) is 15.3 Å². The van der Waals surface area contributed by atoms with E-state index in [9.17, 15) is 4.79 Å². The topological polar surface area (TPSA) is 67.0 Å². The maximum atomic E-state index is 11.8. The zero-order valence-corrected chi connectivity index (χ0v) is 10.6. The van der Waals surface area contributed by atoms with E-state index < -0.39 is 0 Å². The van der Waals surface area contributed by atoms with Gasteiger partial charge in [0.2, 0.25) is 0 Å². The van der Waals surface area contributed by atoms with Gasteiger partial charge in [0.1, 0.15) is 5.82 Å². The maximum Gasteiger partial charge on any atom is 0.251 e. The summed E-state index contributed by atoms with van der Waals surface area (Å²) in [6.45, 7) is 3.06. The first-order valence-electron chi connectivity index (χ1n) is 6.00. The van der Waals surface area contributed by atoms with Gasteiger partial charge in [-0.25, -0.2) is 4.98 Å². The van der Waals surface area contributed by atoms with E-state index in [0.717, 1.165) is 23.3 Å². The number of carbonyl (C=O) groups excluding carboxylic acids is 1. The van der Waals surface area contributed by atoms with Crippen LogP contribution in [0.5, 0.6) is 0 Å². The molecule has 2 aromatic rings. The number of aromatic nitrogens is 2. The first kappa shape index (κ1) is 12.6. The van der Waals surface area contributed by atoms with E-state index >= 15 is 0 Å². The quantitative estimate of drug-likeness (QED) is 0.787. The van der Waals surface area contributed by atoms with Crippen LogP contribution in [0.1, 0.15) is 23.1 Å². The van der Waals surface area contributed by atoms with Crippen molar-refractivity contribution in [3.8, 4) is 0 Å². The Kier molecular flexibility index (Phi) is 3.94. The van der Waals surface area contributed by atoms with Gasteiger partial charge in [-0.1, -0.05) is 6.92 Å². The highest BCUT2D eigenvalue weighted by Gasteiger charge is 2.07. The minimum Gasteiger partial charge on any atom is -0.383 e. The monoisotopic (exact) mass is 247 g/mol. The molecule has 1 amide bonds. The number of rotatable bonds is 5. The number of hydrogen-bond acceptors (Lipinski definition) is 3. The molecule has 0 fully saturated rings. The van der Waals surface area contributed by atoms with Crippen LogP contribution in [0.2, 0.25) is 0 Å². The van der Waals surface area contributed by atoms with Crippen LogP contribution in [0.4, 0.5) is 0 Å². The molecule has 1 aromatic heterocycles. The number of aryl methyl sites for hydroxylation is 1. The van der Waals surface area contributed by atoms with Crippen LogP contribution in [-0.4, -0.2) is 36.1 Å². The highest BCUT2D eigenvalue weighted by Crippen LogP contribution is 2.14. The van der Waals surface area contributed by atoms with Gasteiger partial charge in [-0.2, -0.15) is 0 Å². The number of nitrogens with one attached hydrogen (secondary N) is 2. The Bertz CT molecular complexity index is 548. The zero-order valence-electron chi connectivity index (χ0n) is 10.6. The van der Waals surface area contributed by atoms with Gasteiger partial charge in [0.05, 0.1) is 17.6 Å². The molecule has 2 rings (SSSR count). The molecular formula is C13H17N3O2. The smallest absolute Gasteiger partial charge is 0.251 e. The second-order valence-corrected chi connectivity index (χ2v) is 4.02. The van der Waals surface area contributed by atoms with Crippen molar-refractivity contribution in [3.05, 3.63) is 29.6 Å². The Morgan fingerprint density at radius 3 is 3.06 bits per heavy atom. The van der Waals surface area contributed by atoms with Crippen molar-refractivity contribution in [2.45, 2.75) is 13.3 Å². The number of aromatic amines is 1. The molecule has 0 aliphatic heterocycles. The Morgan fingerprint density at radius 1 is 1.50 bits per heavy atom.